The van der Waals surface area contributed by atoms with Crippen molar-refractivity contribution in [3.8, 4) is 0 Å². The first-order chi connectivity index (χ1) is 5.93. The predicted molar refractivity (Wildman–Crippen MR) is 54.5 cm³/mol. The van der Waals surface area contributed by atoms with E-state index < -0.39 is 0 Å². The summed E-state index contributed by atoms with van der Waals surface area (Å²) in [5.41, 5.74) is 0. The molecule has 68 valence electrons. The van der Waals surface area contributed by atoms with Gasteiger partial charge in [0, 0.05) is 18.9 Å². The molecule has 1 aromatic heterocycles. The first-order valence-corrected chi connectivity index (χ1v) is 5.15. The molecule has 0 fully saturated rings. The SMILES string of the molecule is SCCCCCCn1cccn1. The van der Waals surface area contributed by atoms with Gasteiger partial charge in [-0.2, -0.15) is 17.7 Å². The van der Waals surface area contributed by atoms with Crippen LogP contribution in [-0.2, 0) is 6.54 Å². The number of thiol groups is 1. The molecule has 3 heteroatoms. The van der Waals surface area contributed by atoms with Crippen molar-refractivity contribution in [2.75, 3.05) is 5.75 Å². The van der Waals surface area contributed by atoms with Crippen LogP contribution >= 0.6 is 12.6 Å². The van der Waals surface area contributed by atoms with Crippen molar-refractivity contribution >= 4 is 12.6 Å². The van der Waals surface area contributed by atoms with Gasteiger partial charge in [-0.25, -0.2) is 0 Å². The third-order valence-corrected chi connectivity index (χ3v) is 2.17. The number of hydrogen-bond donors (Lipinski definition) is 1. The highest BCUT2D eigenvalue weighted by molar-refractivity contribution is 7.80. The van der Waals surface area contributed by atoms with Crippen LogP contribution in [0.3, 0.4) is 0 Å². The van der Waals surface area contributed by atoms with Crippen LogP contribution in [-0.4, -0.2) is 15.5 Å². The Kier molecular flexibility index (Phi) is 4.92. The molecule has 0 amide bonds. The quantitative estimate of drug-likeness (QED) is 0.531. The van der Waals surface area contributed by atoms with E-state index in [2.05, 4.69) is 17.7 Å². The summed E-state index contributed by atoms with van der Waals surface area (Å²) in [6.45, 7) is 1.06. The molecular weight excluding hydrogens is 168 g/mol. The molecule has 0 bridgehead atoms. The lowest BCUT2D eigenvalue weighted by Crippen LogP contribution is -1.97. The molecule has 0 spiro atoms. The summed E-state index contributed by atoms with van der Waals surface area (Å²) < 4.78 is 1.99. The first kappa shape index (κ1) is 9.65. The van der Waals surface area contributed by atoms with Crippen molar-refractivity contribution < 1.29 is 0 Å². The Labute approximate surface area is 79.4 Å². The minimum absolute atomic E-state index is 1.02. The van der Waals surface area contributed by atoms with Crippen LogP contribution in [0.2, 0.25) is 0 Å². The van der Waals surface area contributed by atoms with E-state index in [1.165, 1.54) is 25.7 Å². The van der Waals surface area contributed by atoms with E-state index in [9.17, 15) is 0 Å². The van der Waals surface area contributed by atoms with Gasteiger partial charge in [0.05, 0.1) is 0 Å². The molecule has 0 saturated carbocycles. The molecule has 1 rings (SSSR count). The summed E-state index contributed by atoms with van der Waals surface area (Å²) in [5.74, 6) is 1.02. The van der Waals surface area contributed by atoms with Crippen LogP contribution in [0.4, 0.5) is 0 Å². The van der Waals surface area contributed by atoms with Gasteiger partial charge in [0.1, 0.15) is 0 Å². The van der Waals surface area contributed by atoms with Gasteiger partial charge < -0.3 is 0 Å². The van der Waals surface area contributed by atoms with Gasteiger partial charge in [-0.3, -0.25) is 4.68 Å². The number of aryl methyl sites for hydroxylation is 1. The van der Waals surface area contributed by atoms with Gasteiger partial charge in [0.25, 0.3) is 0 Å². The highest BCUT2D eigenvalue weighted by Crippen LogP contribution is 2.02. The molecule has 0 atom stereocenters. The van der Waals surface area contributed by atoms with Gasteiger partial charge in [0.15, 0.2) is 0 Å². The summed E-state index contributed by atoms with van der Waals surface area (Å²) in [6.07, 6.45) is 8.90. The molecule has 1 heterocycles. The van der Waals surface area contributed by atoms with Crippen molar-refractivity contribution in [1.82, 2.24) is 9.78 Å². The summed E-state index contributed by atoms with van der Waals surface area (Å²) in [4.78, 5) is 0. The summed E-state index contributed by atoms with van der Waals surface area (Å²) >= 11 is 4.17. The zero-order valence-electron chi connectivity index (χ0n) is 7.32. The molecule has 1 aromatic rings. The average molecular weight is 184 g/mol. The molecule has 2 nitrogen and oxygen atoms in total. The van der Waals surface area contributed by atoms with Crippen molar-refractivity contribution in [3.05, 3.63) is 18.5 Å². The molecule has 0 aliphatic heterocycles. The van der Waals surface area contributed by atoms with Crippen molar-refractivity contribution in [2.45, 2.75) is 32.2 Å². The standard InChI is InChI=1S/C9H16N2S/c12-9-4-2-1-3-7-11-8-5-6-10-11/h5-6,8,12H,1-4,7,9H2. The van der Waals surface area contributed by atoms with Crippen molar-refractivity contribution in [1.29, 1.82) is 0 Å². The van der Waals surface area contributed by atoms with Crippen LogP contribution in [0.15, 0.2) is 18.5 Å². The third-order valence-electron chi connectivity index (χ3n) is 1.85. The maximum absolute atomic E-state index is 4.17. The largest absolute Gasteiger partial charge is 0.273 e. The Hall–Kier alpha value is -0.440. The van der Waals surface area contributed by atoms with Crippen molar-refractivity contribution in [3.63, 3.8) is 0 Å². The third kappa shape index (κ3) is 3.81. The molecule has 0 aliphatic carbocycles. The van der Waals surface area contributed by atoms with E-state index in [-0.39, 0.29) is 0 Å². The Balaban J connectivity index is 1.96. The molecule has 0 unspecified atom stereocenters. The van der Waals surface area contributed by atoms with Gasteiger partial charge in [0.2, 0.25) is 0 Å². The second-order valence-corrected chi connectivity index (χ2v) is 3.35. The van der Waals surface area contributed by atoms with Crippen molar-refractivity contribution in [2.24, 2.45) is 0 Å². The van der Waals surface area contributed by atoms with E-state index in [1.807, 2.05) is 23.1 Å². The average Bonchev–Trinajstić information content (AvgIpc) is 2.57. The van der Waals surface area contributed by atoms with Gasteiger partial charge in [-0.15, -0.1) is 0 Å². The highest BCUT2D eigenvalue weighted by Gasteiger charge is 1.90. The topological polar surface area (TPSA) is 17.8 Å². The minimum atomic E-state index is 1.02. The lowest BCUT2D eigenvalue weighted by molar-refractivity contribution is 0.542. The number of nitrogens with zero attached hydrogens (tertiary/aromatic N) is 2. The fourth-order valence-corrected chi connectivity index (χ4v) is 1.40. The summed E-state index contributed by atoms with van der Waals surface area (Å²) in [5, 5.41) is 4.14. The molecule has 0 aromatic carbocycles. The molecule has 0 saturated heterocycles. The molecular formula is C9H16N2S. The van der Waals surface area contributed by atoms with Crippen LogP contribution in [0.5, 0.6) is 0 Å². The van der Waals surface area contributed by atoms with E-state index in [0.29, 0.717) is 0 Å². The Bertz CT molecular complexity index is 184. The predicted octanol–water partition coefficient (Wildman–Crippen LogP) is 2.37. The molecule has 0 aliphatic rings. The zero-order valence-corrected chi connectivity index (χ0v) is 8.21. The number of aromatic nitrogens is 2. The zero-order chi connectivity index (χ0) is 8.65. The second-order valence-electron chi connectivity index (χ2n) is 2.91. The van der Waals surface area contributed by atoms with Crippen LogP contribution < -0.4 is 0 Å². The van der Waals surface area contributed by atoms with Crippen LogP contribution in [0, 0.1) is 0 Å². The summed E-state index contributed by atoms with van der Waals surface area (Å²) in [7, 11) is 0. The number of hydrogen-bond acceptors (Lipinski definition) is 2. The van der Waals surface area contributed by atoms with Crippen LogP contribution in [0.25, 0.3) is 0 Å². The fourth-order valence-electron chi connectivity index (χ4n) is 1.17. The molecule has 0 radical (unpaired) electrons. The first-order valence-electron chi connectivity index (χ1n) is 4.52. The Morgan fingerprint density at radius 3 is 2.67 bits per heavy atom. The molecule has 0 N–H and O–H groups in total. The highest BCUT2D eigenvalue weighted by atomic mass is 32.1. The Morgan fingerprint density at radius 2 is 2.00 bits per heavy atom. The maximum Gasteiger partial charge on any atom is 0.0489 e. The lowest BCUT2D eigenvalue weighted by atomic mass is 10.2. The van der Waals surface area contributed by atoms with E-state index in [1.54, 1.807) is 0 Å². The van der Waals surface area contributed by atoms with Crippen LogP contribution in [0.1, 0.15) is 25.7 Å². The number of unbranched alkanes of at least 4 members (excludes halogenated alkanes) is 3. The lowest BCUT2D eigenvalue weighted by Gasteiger charge is -2.00. The van der Waals surface area contributed by atoms with E-state index in [0.717, 1.165) is 12.3 Å². The minimum Gasteiger partial charge on any atom is -0.273 e. The Morgan fingerprint density at radius 1 is 1.17 bits per heavy atom. The normalized spacial score (nSPS) is 10.4. The van der Waals surface area contributed by atoms with Gasteiger partial charge in [-0.1, -0.05) is 12.8 Å². The maximum atomic E-state index is 4.17. The monoisotopic (exact) mass is 184 g/mol. The number of rotatable bonds is 6. The second kappa shape index (κ2) is 6.12. The van der Waals surface area contributed by atoms with E-state index >= 15 is 0 Å². The van der Waals surface area contributed by atoms with E-state index in [4.69, 9.17) is 0 Å². The van der Waals surface area contributed by atoms with Gasteiger partial charge >= 0.3 is 0 Å². The fraction of sp³-hybridized carbons (Fsp3) is 0.667. The smallest absolute Gasteiger partial charge is 0.0489 e. The van der Waals surface area contributed by atoms with Gasteiger partial charge in [-0.05, 0) is 24.7 Å². The summed E-state index contributed by atoms with van der Waals surface area (Å²) in [6, 6.07) is 1.97. The molecule has 12 heavy (non-hydrogen) atoms.